The number of alkyl halides is 3. The number of hydrogen-bond acceptors (Lipinski definition) is 10. The molecule has 38 heavy (non-hydrogen) atoms. The summed E-state index contributed by atoms with van der Waals surface area (Å²) in [4.78, 5) is 0. The second-order valence-electron chi connectivity index (χ2n) is 7.83. The summed E-state index contributed by atoms with van der Waals surface area (Å²) in [6.07, 6.45) is -3.47. The van der Waals surface area contributed by atoms with Gasteiger partial charge in [-0.2, -0.15) is 30.0 Å². The predicted octanol–water partition coefficient (Wildman–Crippen LogP) is 4.26. The number of halogens is 3. The van der Waals surface area contributed by atoms with Crippen molar-refractivity contribution >= 4 is 31.7 Å². The van der Waals surface area contributed by atoms with Gasteiger partial charge >= 0.3 is 26.4 Å². The Labute approximate surface area is 219 Å². The Bertz CT molecular complexity index is 1320. The Morgan fingerprint density at radius 1 is 0.816 bits per heavy atom. The van der Waals surface area contributed by atoms with Crippen molar-refractivity contribution < 1.29 is 48.0 Å². The minimum atomic E-state index is -4.93. The van der Waals surface area contributed by atoms with E-state index in [0.29, 0.717) is 41.9 Å². The Morgan fingerprint density at radius 3 is 1.76 bits per heavy atom. The fourth-order valence-electron chi connectivity index (χ4n) is 2.77. The van der Waals surface area contributed by atoms with Crippen LogP contribution in [-0.4, -0.2) is 59.7 Å². The molecule has 0 atom stereocenters. The van der Waals surface area contributed by atoms with Crippen molar-refractivity contribution in [3.63, 3.8) is 0 Å². The normalized spacial score (nSPS) is 13.2. The molecule has 0 aromatic heterocycles. The highest BCUT2D eigenvalue weighted by Gasteiger charge is 2.38. The second kappa shape index (κ2) is 13.5. The second-order valence-corrected chi connectivity index (χ2v) is 11.1. The Kier molecular flexibility index (Phi) is 10.9. The summed E-state index contributed by atoms with van der Waals surface area (Å²) in [5, 5.41) is 6.39. The summed E-state index contributed by atoms with van der Waals surface area (Å²) in [6, 6.07) is 11.5. The van der Waals surface area contributed by atoms with Crippen molar-refractivity contribution in [2.24, 2.45) is 10.3 Å². The van der Waals surface area contributed by atoms with Gasteiger partial charge in [-0.05, 0) is 67.4 Å². The molecule has 0 amide bonds. The monoisotopic (exact) mass is 580 g/mol. The van der Waals surface area contributed by atoms with E-state index >= 15 is 0 Å². The number of benzene rings is 2. The Morgan fingerprint density at radius 2 is 1.32 bits per heavy atom. The molecular formula is C23H27F3N2O8S2. The molecule has 0 spiro atoms. The quantitative estimate of drug-likeness (QED) is 0.184. The first-order valence-corrected chi connectivity index (χ1v) is 14.6. The van der Waals surface area contributed by atoms with Gasteiger partial charge < -0.3 is 9.47 Å². The first kappa shape index (κ1) is 30.9. The highest BCUT2D eigenvalue weighted by molar-refractivity contribution is 7.86. The smallest absolute Gasteiger partial charge is 0.437 e. The molecule has 0 aliphatic heterocycles. The molecule has 0 radical (unpaired) electrons. The van der Waals surface area contributed by atoms with Crippen LogP contribution in [0.4, 0.5) is 13.2 Å². The third-order valence-corrected chi connectivity index (χ3v) is 6.06. The van der Waals surface area contributed by atoms with E-state index in [4.69, 9.17) is 9.47 Å². The molecular weight excluding hydrogens is 553 g/mol. The van der Waals surface area contributed by atoms with Crippen LogP contribution in [0.3, 0.4) is 0 Å². The lowest BCUT2D eigenvalue weighted by Crippen LogP contribution is -2.24. The van der Waals surface area contributed by atoms with Crippen molar-refractivity contribution in [1.82, 2.24) is 0 Å². The zero-order valence-electron chi connectivity index (χ0n) is 20.8. The summed E-state index contributed by atoms with van der Waals surface area (Å²) in [5.41, 5.74) is -0.858. The van der Waals surface area contributed by atoms with Crippen LogP contribution in [0.1, 0.15) is 37.8 Å². The Hall–Kier alpha value is -3.33. The maximum atomic E-state index is 13.2. The van der Waals surface area contributed by atoms with E-state index in [1.54, 1.807) is 38.1 Å². The average molecular weight is 581 g/mol. The molecule has 210 valence electrons. The molecule has 0 saturated carbocycles. The van der Waals surface area contributed by atoms with Gasteiger partial charge in [0.05, 0.1) is 30.9 Å². The van der Waals surface area contributed by atoms with Gasteiger partial charge in [0.25, 0.3) is 0 Å². The minimum absolute atomic E-state index is 0.123. The van der Waals surface area contributed by atoms with Crippen LogP contribution in [0.25, 0.3) is 0 Å². The summed E-state index contributed by atoms with van der Waals surface area (Å²) in [6.45, 7) is 3.83. The topological polar surface area (TPSA) is 130 Å². The fourth-order valence-corrected chi connectivity index (χ4v) is 3.78. The van der Waals surface area contributed by atoms with Gasteiger partial charge in [0.2, 0.25) is 0 Å². The molecule has 0 N–H and O–H groups in total. The lowest BCUT2D eigenvalue weighted by molar-refractivity contribution is -0.0597. The third kappa shape index (κ3) is 11.0. The standard InChI is InChI=1S/C23H27F3N2O8S2/c1-4-16-38(31,32)36-27-17(2)18-6-10-20(11-7-18)33-14-5-15-34-21-12-8-19(9-13-21)22(23(24,25)26)28-35-37(3,29)30/h6-13H,4-5,14-16H2,1-3H3/b27-17+,28-22-. The third-order valence-electron chi connectivity index (χ3n) is 4.50. The van der Waals surface area contributed by atoms with E-state index in [1.807, 2.05) is 0 Å². The van der Waals surface area contributed by atoms with Crippen molar-refractivity contribution in [1.29, 1.82) is 0 Å². The van der Waals surface area contributed by atoms with Crippen molar-refractivity contribution in [2.45, 2.75) is 32.9 Å². The van der Waals surface area contributed by atoms with Crippen molar-refractivity contribution in [3.05, 3.63) is 59.7 Å². The van der Waals surface area contributed by atoms with Gasteiger partial charge in [0, 0.05) is 12.0 Å². The average Bonchev–Trinajstić information content (AvgIpc) is 2.82. The number of hydrogen-bond donors (Lipinski definition) is 0. The number of nitrogens with zero attached hydrogens (tertiary/aromatic N) is 2. The molecule has 0 heterocycles. The molecule has 15 heteroatoms. The maximum Gasteiger partial charge on any atom is 0.437 e. The first-order chi connectivity index (χ1) is 17.7. The Balaban J connectivity index is 1.83. The fraction of sp³-hybridized carbons (Fsp3) is 0.391. The molecule has 2 rings (SSSR count). The highest BCUT2D eigenvalue weighted by Crippen LogP contribution is 2.25. The molecule has 0 bridgehead atoms. The summed E-state index contributed by atoms with van der Waals surface area (Å²) in [5.74, 6) is 0.726. The van der Waals surface area contributed by atoms with E-state index in [2.05, 4.69) is 18.9 Å². The van der Waals surface area contributed by atoms with E-state index < -0.39 is 37.7 Å². The molecule has 10 nitrogen and oxygen atoms in total. The van der Waals surface area contributed by atoms with Gasteiger partial charge in [-0.1, -0.05) is 17.2 Å². The summed E-state index contributed by atoms with van der Waals surface area (Å²) >= 11 is 0. The van der Waals surface area contributed by atoms with Crippen LogP contribution in [0.2, 0.25) is 0 Å². The van der Waals surface area contributed by atoms with Gasteiger partial charge in [0.1, 0.15) is 11.5 Å². The first-order valence-electron chi connectivity index (χ1n) is 11.2. The van der Waals surface area contributed by atoms with Crippen LogP contribution < -0.4 is 9.47 Å². The zero-order valence-corrected chi connectivity index (χ0v) is 22.4. The molecule has 2 aromatic rings. The van der Waals surface area contributed by atoms with Crippen molar-refractivity contribution in [2.75, 3.05) is 25.2 Å². The van der Waals surface area contributed by atoms with E-state index in [0.717, 1.165) is 12.1 Å². The van der Waals surface area contributed by atoms with Crippen molar-refractivity contribution in [3.8, 4) is 11.5 Å². The van der Waals surface area contributed by atoms with Crippen LogP contribution in [-0.2, 0) is 28.8 Å². The van der Waals surface area contributed by atoms with Crippen LogP contribution in [0.15, 0.2) is 58.8 Å². The van der Waals surface area contributed by atoms with Crippen LogP contribution in [0.5, 0.6) is 11.5 Å². The van der Waals surface area contributed by atoms with Crippen LogP contribution in [0, 0.1) is 0 Å². The van der Waals surface area contributed by atoms with Gasteiger partial charge in [0.15, 0.2) is 5.71 Å². The van der Waals surface area contributed by atoms with Gasteiger partial charge in [-0.25, -0.2) is 0 Å². The number of oxime groups is 2. The predicted molar refractivity (Wildman–Crippen MR) is 134 cm³/mol. The minimum Gasteiger partial charge on any atom is -0.493 e. The van der Waals surface area contributed by atoms with Crippen LogP contribution >= 0.6 is 0 Å². The maximum absolute atomic E-state index is 13.2. The van der Waals surface area contributed by atoms with E-state index in [9.17, 15) is 30.0 Å². The molecule has 2 aromatic carbocycles. The molecule has 0 fully saturated rings. The highest BCUT2D eigenvalue weighted by atomic mass is 32.2. The largest absolute Gasteiger partial charge is 0.493 e. The summed E-state index contributed by atoms with van der Waals surface area (Å²) in [7, 11) is -7.90. The molecule has 0 aliphatic carbocycles. The van der Waals surface area contributed by atoms with E-state index in [-0.39, 0.29) is 19.0 Å². The molecule has 0 unspecified atom stereocenters. The number of ether oxygens (including phenoxy) is 2. The molecule has 0 saturated heterocycles. The van der Waals surface area contributed by atoms with E-state index in [1.165, 1.54) is 12.1 Å². The SMILES string of the molecule is CCCS(=O)(=O)O/N=C(\C)c1ccc(OCCCOc2ccc(/C(=N/OS(C)(=O)=O)C(F)(F)F)cc2)cc1. The summed E-state index contributed by atoms with van der Waals surface area (Å²) < 4.78 is 104. The zero-order chi connectivity index (χ0) is 28.4. The van der Waals surface area contributed by atoms with Gasteiger partial charge in [-0.3, -0.25) is 8.57 Å². The lowest BCUT2D eigenvalue weighted by Gasteiger charge is -2.11. The lowest BCUT2D eigenvalue weighted by atomic mass is 10.1. The number of rotatable bonds is 14. The van der Waals surface area contributed by atoms with Gasteiger partial charge in [-0.15, -0.1) is 0 Å². The molecule has 0 aliphatic rings.